The maximum Gasteiger partial charge on any atom is 0.251 e. The Morgan fingerprint density at radius 2 is 2.00 bits per heavy atom. The fourth-order valence-corrected chi connectivity index (χ4v) is 3.07. The Kier molecular flexibility index (Phi) is 6.85. The summed E-state index contributed by atoms with van der Waals surface area (Å²) in [5.41, 5.74) is 3.35. The number of carbonyl (C=O) groups excluding carboxylic acids is 1. The van der Waals surface area contributed by atoms with Gasteiger partial charge in [0.2, 0.25) is 0 Å². The van der Waals surface area contributed by atoms with Crippen molar-refractivity contribution in [3.63, 3.8) is 0 Å². The Hall–Kier alpha value is -3.07. The van der Waals surface area contributed by atoms with Crippen molar-refractivity contribution in [1.82, 2.24) is 10.3 Å². The van der Waals surface area contributed by atoms with Gasteiger partial charge in [-0.1, -0.05) is 36.1 Å². The van der Waals surface area contributed by atoms with Gasteiger partial charge in [-0.15, -0.1) is 0 Å². The predicted octanol–water partition coefficient (Wildman–Crippen LogP) is 2.63. The lowest BCUT2D eigenvalue weighted by Gasteiger charge is -2.16. The number of rotatable bonds is 7. The van der Waals surface area contributed by atoms with E-state index in [0.717, 1.165) is 22.0 Å². The molecule has 4 N–H and O–H groups in total. The molecule has 0 aliphatic carbocycles. The summed E-state index contributed by atoms with van der Waals surface area (Å²) in [4.78, 5) is 15.8. The lowest BCUT2D eigenvalue weighted by atomic mass is 10.0. The predicted molar refractivity (Wildman–Crippen MR) is 110 cm³/mol. The highest BCUT2D eigenvalue weighted by atomic mass is 16.3. The fraction of sp³-hybridized carbons (Fsp3) is 0.261. The highest BCUT2D eigenvalue weighted by molar-refractivity contribution is 5.94. The number of nitrogens with one attached hydrogen (secondary N) is 2. The molecule has 3 rings (SSSR count). The molecular formula is C23H24N2O3. The Morgan fingerprint density at radius 3 is 2.82 bits per heavy atom. The number of aromatic amines is 1. The molecule has 0 radical (unpaired) electrons. The third-order valence-corrected chi connectivity index (χ3v) is 4.51. The van der Waals surface area contributed by atoms with Gasteiger partial charge in [0.1, 0.15) is 0 Å². The molecule has 1 unspecified atom stereocenters. The number of aliphatic hydroxyl groups excluding tert-OH is 2. The average molecular weight is 376 g/mol. The monoisotopic (exact) mass is 376 g/mol. The Bertz CT molecular complexity index is 997. The summed E-state index contributed by atoms with van der Waals surface area (Å²) in [5, 5.41) is 22.5. The van der Waals surface area contributed by atoms with E-state index in [0.29, 0.717) is 24.8 Å². The van der Waals surface area contributed by atoms with Crippen LogP contribution in [0.1, 0.15) is 34.3 Å². The van der Waals surface area contributed by atoms with E-state index < -0.39 is 0 Å². The van der Waals surface area contributed by atoms with Crippen LogP contribution in [0.15, 0.2) is 54.7 Å². The van der Waals surface area contributed by atoms with Gasteiger partial charge in [0, 0.05) is 41.3 Å². The second kappa shape index (κ2) is 9.75. The molecule has 144 valence electrons. The molecule has 0 fully saturated rings. The number of hydrogen-bond acceptors (Lipinski definition) is 3. The van der Waals surface area contributed by atoms with Crippen LogP contribution in [0.4, 0.5) is 0 Å². The summed E-state index contributed by atoms with van der Waals surface area (Å²) < 4.78 is 0. The minimum absolute atomic E-state index is 0.121. The van der Waals surface area contributed by atoms with Gasteiger partial charge >= 0.3 is 0 Å². The maximum absolute atomic E-state index is 12.6. The van der Waals surface area contributed by atoms with E-state index in [1.54, 1.807) is 18.2 Å². The molecule has 0 spiro atoms. The number of aliphatic hydroxyl groups is 2. The molecule has 1 aromatic heterocycles. The molecule has 1 amide bonds. The van der Waals surface area contributed by atoms with E-state index in [4.69, 9.17) is 5.11 Å². The SMILES string of the molecule is O=C(NC(CO)Cc1c[nH]c2ccccc12)c1cccc(C#CCCCO)c1. The molecule has 5 nitrogen and oxygen atoms in total. The van der Waals surface area contributed by atoms with E-state index in [9.17, 15) is 9.90 Å². The smallest absolute Gasteiger partial charge is 0.251 e. The minimum atomic E-state index is -0.383. The molecule has 28 heavy (non-hydrogen) atoms. The van der Waals surface area contributed by atoms with Gasteiger partial charge < -0.3 is 20.5 Å². The third kappa shape index (κ3) is 5.01. The van der Waals surface area contributed by atoms with Crippen molar-refractivity contribution in [3.8, 4) is 11.8 Å². The summed E-state index contributed by atoms with van der Waals surface area (Å²) in [6, 6.07) is 14.7. The van der Waals surface area contributed by atoms with Crippen LogP contribution in [-0.4, -0.2) is 40.4 Å². The second-order valence-corrected chi connectivity index (χ2v) is 6.63. The molecule has 1 heterocycles. The number of para-hydroxylation sites is 1. The van der Waals surface area contributed by atoms with E-state index in [2.05, 4.69) is 22.1 Å². The van der Waals surface area contributed by atoms with Crippen LogP contribution in [0.25, 0.3) is 10.9 Å². The van der Waals surface area contributed by atoms with Gasteiger partial charge in [-0.2, -0.15) is 0 Å². The van der Waals surface area contributed by atoms with Crippen LogP contribution in [0.2, 0.25) is 0 Å². The summed E-state index contributed by atoms with van der Waals surface area (Å²) in [5.74, 6) is 5.75. The molecule has 1 atom stereocenters. The van der Waals surface area contributed by atoms with Crippen LogP contribution in [-0.2, 0) is 6.42 Å². The highest BCUT2D eigenvalue weighted by Gasteiger charge is 2.15. The Morgan fingerprint density at radius 1 is 1.14 bits per heavy atom. The van der Waals surface area contributed by atoms with Crippen molar-refractivity contribution in [2.45, 2.75) is 25.3 Å². The Balaban J connectivity index is 1.67. The zero-order valence-corrected chi connectivity index (χ0v) is 15.6. The number of benzene rings is 2. The topological polar surface area (TPSA) is 85.4 Å². The standard InChI is InChI=1S/C23H24N2O3/c26-12-5-1-2-7-17-8-6-9-18(13-17)23(28)25-20(16-27)14-19-15-24-22-11-4-3-10-21(19)22/h3-4,6,8-11,13,15,20,24,26-27H,1,5,12,14,16H2,(H,25,28). The van der Waals surface area contributed by atoms with Crippen molar-refractivity contribution >= 4 is 16.8 Å². The molecular weight excluding hydrogens is 352 g/mol. The van der Waals surface area contributed by atoms with Gasteiger partial charge in [-0.3, -0.25) is 4.79 Å². The summed E-state index contributed by atoms with van der Waals surface area (Å²) in [6.45, 7) is -0.0258. The number of amides is 1. The van der Waals surface area contributed by atoms with E-state index in [1.807, 2.05) is 36.5 Å². The number of hydrogen-bond donors (Lipinski definition) is 4. The van der Waals surface area contributed by atoms with E-state index in [1.165, 1.54) is 0 Å². The maximum atomic E-state index is 12.6. The first-order valence-electron chi connectivity index (χ1n) is 9.37. The molecule has 0 bridgehead atoms. The van der Waals surface area contributed by atoms with Crippen LogP contribution >= 0.6 is 0 Å². The van der Waals surface area contributed by atoms with Gasteiger partial charge in [0.15, 0.2) is 0 Å². The lowest BCUT2D eigenvalue weighted by molar-refractivity contribution is 0.0916. The highest BCUT2D eigenvalue weighted by Crippen LogP contribution is 2.19. The normalized spacial score (nSPS) is 11.6. The quantitative estimate of drug-likeness (QED) is 0.378. The van der Waals surface area contributed by atoms with Crippen molar-refractivity contribution in [2.75, 3.05) is 13.2 Å². The first-order chi connectivity index (χ1) is 13.7. The molecule has 0 aliphatic heterocycles. The zero-order chi connectivity index (χ0) is 19.8. The first-order valence-corrected chi connectivity index (χ1v) is 9.37. The largest absolute Gasteiger partial charge is 0.396 e. The van der Waals surface area contributed by atoms with Gasteiger partial charge in [0.05, 0.1) is 12.6 Å². The fourth-order valence-electron chi connectivity index (χ4n) is 3.07. The van der Waals surface area contributed by atoms with Crippen molar-refractivity contribution in [2.24, 2.45) is 0 Å². The van der Waals surface area contributed by atoms with Gasteiger partial charge in [0.25, 0.3) is 5.91 Å². The molecule has 0 aliphatic rings. The van der Waals surface area contributed by atoms with E-state index >= 15 is 0 Å². The van der Waals surface area contributed by atoms with Crippen LogP contribution in [0.3, 0.4) is 0 Å². The van der Waals surface area contributed by atoms with E-state index in [-0.39, 0.29) is 25.2 Å². The molecule has 0 saturated heterocycles. The van der Waals surface area contributed by atoms with Gasteiger partial charge in [-0.25, -0.2) is 0 Å². The first kappa shape index (κ1) is 19.7. The lowest BCUT2D eigenvalue weighted by Crippen LogP contribution is -2.39. The number of fused-ring (bicyclic) bond motifs is 1. The molecule has 2 aromatic carbocycles. The molecule has 0 saturated carbocycles. The second-order valence-electron chi connectivity index (χ2n) is 6.63. The van der Waals surface area contributed by atoms with Crippen LogP contribution in [0.5, 0.6) is 0 Å². The molecule has 5 heteroatoms. The minimum Gasteiger partial charge on any atom is -0.396 e. The average Bonchev–Trinajstić information content (AvgIpc) is 3.14. The number of carbonyl (C=O) groups is 1. The summed E-state index contributed by atoms with van der Waals surface area (Å²) in [6.07, 6.45) is 3.71. The van der Waals surface area contributed by atoms with Crippen LogP contribution in [0, 0.1) is 11.8 Å². The van der Waals surface area contributed by atoms with Crippen molar-refractivity contribution in [1.29, 1.82) is 0 Å². The third-order valence-electron chi connectivity index (χ3n) is 4.51. The summed E-state index contributed by atoms with van der Waals surface area (Å²) in [7, 11) is 0. The number of H-pyrrole nitrogens is 1. The summed E-state index contributed by atoms with van der Waals surface area (Å²) >= 11 is 0. The van der Waals surface area contributed by atoms with Gasteiger partial charge in [-0.05, 0) is 42.7 Å². The number of unbranched alkanes of at least 4 members (excludes halogenated alkanes) is 1. The molecule has 3 aromatic rings. The Labute approximate surface area is 164 Å². The van der Waals surface area contributed by atoms with Crippen molar-refractivity contribution in [3.05, 3.63) is 71.4 Å². The zero-order valence-electron chi connectivity index (χ0n) is 15.6. The number of aromatic nitrogens is 1. The van der Waals surface area contributed by atoms with Crippen molar-refractivity contribution < 1.29 is 15.0 Å². The van der Waals surface area contributed by atoms with Crippen LogP contribution < -0.4 is 5.32 Å².